The number of para-hydroxylation sites is 1. The van der Waals surface area contributed by atoms with E-state index in [2.05, 4.69) is 22.4 Å². The Kier molecular flexibility index (Phi) is 3.90. The van der Waals surface area contributed by atoms with Gasteiger partial charge in [-0.25, -0.2) is 0 Å². The number of aliphatic imine (C=N–C) groups is 1. The van der Waals surface area contributed by atoms with Crippen molar-refractivity contribution in [3.05, 3.63) is 47.9 Å². The molecule has 1 aliphatic heterocycles. The number of rotatable bonds is 2. The van der Waals surface area contributed by atoms with Crippen molar-refractivity contribution >= 4 is 17.6 Å². The lowest BCUT2D eigenvalue weighted by molar-refractivity contribution is 0.561. The Balaban J connectivity index is 2.49. The van der Waals surface area contributed by atoms with E-state index < -0.39 is 0 Å². The molecule has 0 fully saturated rings. The molecule has 0 saturated carbocycles. The lowest BCUT2D eigenvalue weighted by Crippen LogP contribution is -2.08. The first-order chi connectivity index (χ1) is 9.06. The summed E-state index contributed by atoms with van der Waals surface area (Å²) in [6.07, 6.45) is 5.89. The Hall–Kier alpha value is -2.23. The summed E-state index contributed by atoms with van der Waals surface area (Å²) < 4.78 is 0. The van der Waals surface area contributed by atoms with Crippen molar-refractivity contribution in [3.8, 4) is 0 Å². The van der Waals surface area contributed by atoms with Crippen LogP contribution in [0.1, 0.15) is 5.56 Å². The van der Waals surface area contributed by atoms with Gasteiger partial charge in [-0.1, -0.05) is 18.2 Å². The van der Waals surface area contributed by atoms with Gasteiger partial charge in [-0.2, -0.15) is 0 Å². The molecule has 1 heterocycles. The van der Waals surface area contributed by atoms with E-state index in [9.17, 15) is 0 Å². The Morgan fingerprint density at radius 2 is 1.68 bits per heavy atom. The van der Waals surface area contributed by atoms with Crippen molar-refractivity contribution in [2.75, 3.05) is 33.5 Å². The number of allylic oxidation sites excluding steroid dienone is 1. The first-order valence-corrected chi connectivity index (χ1v) is 6.23. The minimum atomic E-state index is 0.954. The summed E-state index contributed by atoms with van der Waals surface area (Å²) in [4.78, 5) is 8.58. The minimum absolute atomic E-state index is 0.954. The molecule has 1 aromatic rings. The number of benzene rings is 1. The molecule has 1 N–H and O–H groups in total. The summed E-state index contributed by atoms with van der Waals surface area (Å²) in [6.45, 7) is 0. The summed E-state index contributed by atoms with van der Waals surface area (Å²) in [6, 6.07) is 8.20. The standard InChI is InChI=1S/C15H20N4/c1-18(2)10-12-9-16-15(11-19(3)4)13-7-5-6-8-14(13)17-12/h5-11,17H,1-4H3. The van der Waals surface area contributed by atoms with Gasteiger partial charge in [0.1, 0.15) is 0 Å². The largest absolute Gasteiger partial charge is 0.382 e. The fourth-order valence-corrected chi connectivity index (χ4v) is 1.90. The van der Waals surface area contributed by atoms with Crippen molar-refractivity contribution in [2.45, 2.75) is 0 Å². The highest BCUT2D eigenvalue weighted by Gasteiger charge is 2.11. The van der Waals surface area contributed by atoms with Crippen LogP contribution in [0.4, 0.5) is 5.69 Å². The van der Waals surface area contributed by atoms with Crippen LogP contribution in [0.15, 0.2) is 47.4 Å². The highest BCUT2D eigenvalue weighted by atomic mass is 15.1. The Morgan fingerprint density at radius 1 is 1.00 bits per heavy atom. The number of anilines is 1. The number of hydrogen-bond donors (Lipinski definition) is 1. The Morgan fingerprint density at radius 3 is 2.37 bits per heavy atom. The van der Waals surface area contributed by atoms with E-state index in [0.717, 1.165) is 22.6 Å². The second kappa shape index (κ2) is 5.61. The quantitative estimate of drug-likeness (QED) is 0.881. The normalized spacial score (nSPS) is 17.9. The predicted molar refractivity (Wildman–Crippen MR) is 82.0 cm³/mol. The van der Waals surface area contributed by atoms with Gasteiger partial charge < -0.3 is 15.1 Å². The smallest absolute Gasteiger partial charge is 0.0882 e. The van der Waals surface area contributed by atoms with E-state index in [-0.39, 0.29) is 0 Å². The van der Waals surface area contributed by atoms with Crippen LogP contribution in [0, 0.1) is 0 Å². The van der Waals surface area contributed by atoms with E-state index in [1.807, 2.05) is 68.7 Å². The molecule has 1 aromatic carbocycles. The molecule has 100 valence electrons. The van der Waals surface area contributed by atoms with Crippen molar-refractivity contribution in [2.24, 2.45) is 4.99 Å². The molecule has 0 radical (unpaired) electrons. The second-order valence-electron chi connectivity index (χ2n) is 4.95. The van der Waals surface area contributed by atoms with E-state index in [0.29, 0.717) is 0 Å². The molecule has 0 saturated heterocycles. The van der Waals surface area contributed by atoms with Crippen LogP contribution < -0.4 is 5.32 Å². The van der Waals surface area contributed by atoms with Gasteiger partial charge in [0.25, 0.3) is 0 Å². The zero-order valence-corrected chi connectivity index (χ0v) is 11.9. The molecule has 0 spiro atoms. The molecular formula is C15H20N4. The van der Waals surface area contributed by atoms with Gasteiger partial charge in [0.05, 0.1) is 17.6 Å². The zero-order valence-electron chi connectivity index (χ0n) is 11.9. The van der Waals surface area contributed by atoms with Crippen LogP contribution in [0.5, 0.6) is 0 Å². The number of nitrogens with zero attached hydrogens (tertiary/aromatic N) is 3. The molecule has 4 nitrogen and oxygen atoms in total. The number of nitrogens with one attached hydrogen (secondary N) is 1. The van der Waals surface area contributed by atoms with Crippen molar-refractivity contribution < 1.29 is 0 Å². The molecule has 4 heteroatoms. The maximum atomic E-state index is 4.58. The van der Waals surface area contributed by atoms with E-state index in [4.69, 9.17) is 0 Å². The lowest BCUT2D eigenvalue weighted by atomic mass is 10.1. The molecule has 0 aliphatic carbocycles. The first-order valence-electron chi connectivity index (χ1n) is 6.23. The third kappa shape index (κ3) is 3.37. The van der Waals surface area contributed by atoms with E-state index in [1.165, 1.54) is 0 Å². The topological polar surface area (TPSA) is 30.9 Å². The van der Waals surface area contributed by atoms with Gasteiger partial charge in [0.2, 0.25) is 0 Å². The van der Waals surface area contributed by atoms with Gasteiger partial charge in [0, 0.05) is 51.8 Å². The first kappa shape index (κ1) is 13.2. The zero-order chi connectivity index (χ0) is 13.8. The Labute approximate surface area is 114 Å². The van der Waals surface area contributed by atoms with Crippen LogP contribution in [-0.2, 0) is 0 Å². The lowest BCUT2D eigenvalue weighted by Gasteiger charge is -2.12. The average Bonchev–Trinajstić information content (AvgIpc) is 2.49. The molecule has 0 bridgehead atoms. The summed E-state index contributed by atoms with van der Waals surface area (Å²) >= 11 is 0. The summed E-state index contributed by atoms with van der Waals surface area (Å²) in [5.74, 6) is 0. The summed E-state index contributed by atoms with van der Waals surface area (Å²) in [7, 11) is 7.99. The van der Waals surface area contributed by atoms with Crippen molar-refractivity contribution in [3.63, 3.8) is 0 Å². The highest BCUT2D eigenvalue weighted by Crippen LogP contribution is 2.28. The van der Waals surface area contributed by atoms with Crippen molar-refractivity contribution in [1.82, 2.24) is 9.80 Å². The van der Waals surface area contributed by atoms with E-state index in [1.54, 1.807) is 0 Å². The van der Waals surface area contributed by atoms with Crippen LogP contribution in [0.3, 0.4) is 0 Å². The van der Waals surface area contributed by atoms with Crippen molar-refractivity contribution in [1.29, 1.82) is 0 Å². The SMILES string of the molecule is CN(C)C=C1C=NC(=CN(C)C)c2ccccc2N1. The fraction of sp³-hybridized carbons (Fsp3) is 0.267. The average molecular weight is 256 g/mol. The van der Waals surface area contributed by atoms with Gasteiger partial charge in [0.15, 0.2) is 0 Å². The summed E-state index contributed by atoms with van der Waals surface area (Å²) in [5, 5.41) is 3.40. The monoisotopic (exact) mass is 256 g/mol. The van der Waals surface area contributed by atoms with E-state index >= 15 is 0 Å². The maximum absolute atomic E-state index is 4.58. The van der Waals surface area contributed by atoms with Crippen LogP contribution >= 0.6 is 0 Å². The molecule has 0 unspecified atom stereocenters. The number of fused-ring (bicyclic) bond motifs is 1. The summed E-state index contributed by atoms with van der Waals surface area (Å²) in [5.41, 5.74) is 4.10. The highest BCUT2D eigenvalue weighted by molar-refractivity contribution is 5.93. The molecule has 1 aliphatic rings. The Bertz CT molecular complexity index is 539. The molecule has 2 rings (SSSR count). The minimum Gasteiger partial charge on any atom is -0.382 e. The third-order valence-corrected chi connectivity index (χ3v) is 2.60. The molecular weight excluding hydrogens is 236 g/mol. The fourth-order valence-electron chi connectivity index (χ4n) is 1.90. The van der Waals surface area contributed by atoms with Gasteiger partial charge in [-0.15, -0.1) is 0 Å². The van der Waals surface area contributed by atoms with Crippen LogP contribution in [0.25, 0.3) is 5.70 Å². The predicted octanol–water partition coefficient (Wildman–Crippen LogP) is 2.45. The van der Waals surface area contributed by atoms with Gasteiger partial charge >= 0.3 is 0 Å². The van der Waals surface area contributed by atoms with Gasteiger partial charge in [-0.05, 0) is 6.07 Å². The van der Waals surface area contributed by atoms with Crippen LogP contribution in [0.2, 0.25) is 0 Å². The van der Waals surface area contributed by atoms with Gasteiger partial charge in [-0.3, -0.25) is 4.99 Å². The third-order valence-electron chi connectivity index (χ3n) is 2.60. The number of hydrogen-bond acceptors (Lipinski definition) is 4. The second-order valence-corrected chi connectivity index (χ2v) is 4.95. The molecule has 19 heavy (non-hydrogen) atoms. The molecule has 0 amide bonds. The molecule has 0 aromatic heterocycles. The molecule has 0 atom stereocenters. The van der Waals surface area contributed by atoms with Crippen LogP contribution in [-0.4, -0.2) is 44.2 Å². The maximum Gasteiger partial charge on any atom is 0.0882 e.